The van der Waals surface area contributed by atoms with Crippen molar-refractivity contribution in [2.75, 3.05) is 6.61 Å². The van der Waals surface area contributed by atoms with Crippen molar-refractivity contribution in [2.24, 2.45) is 0 Å². The van der Waals surface area contributed by atoms with Crippen LogP contribution in [-0.2, 0) is 9.22 Å². The fourth-order valence-corrected chi connectivity index (χ4v) is 1.96. The summed E-state index contributed by atoms with van der Waals surface area (Å²) in [6, 6.07) is 0. The highest BCUT2D eigenvalue weighted by Crippen LogP contribution is 2.36. The number of hydrogen-bond acceptors (Lipinski definition) is 2. The quantitative estimate of drug-likeness (QED) is 0.386. The molecule has 14 heavy (non-hydrogen) atoms. The van der Waals surface area contributed by atoms with E-state index in [2.05, 4.69) is 33.9 Å². The highest BCUT2D eigenvalue weighted by atomic mass is 28.4. The molecule has 0 aromatic carbocycles. The average Bonchev–Trinajstić information content (AvgIpc) is 2.02. The molecule has 2 nitrogen and oxygen atoms in total. The van der Waals surface area contributed by atoms with Gasteiger partial charge in [0.1, 0.15) is 6.29 Å². The maximum absolute atomic E-state index is 10.1. The van der Waals surface area contributed by atoms with E-state index in [9.17, 15) is 4.79 Å². The molecule has 3 heteroatoms. The molecule has 0 aromatic rings. The van der Waals surface area contributed by atoms with Gasteiger partial charge >= 0.3 is 0 Å². The predicted octanol–water partition coefficient (Wildman–Crippen LogP) is 3.38. The second kappa shape index (κ2) is 5.66. The summed E-state index contributed by atoms with van der Waals surface area (Å²) in [6.45, 7) is 12.0. The Morgan fingerprint density at radius 1 is 1.21 bits per heavy atom. The summed E-state index contributed by atoms with van der Waals surface area (Å²) in [5.41, 5.74) is 0. The van der Waals surface area contributed by atoms with Crippen molar-refractivity contribution in [2.45, 2.75) is 58.2 Å². The van der Waals surface area contributed by atoms with Gasteiger partial charge in [-0.3, -0.25) is 0 Å². The van der Waals surface area contributed by atoms with Crippen LogP contribution in [-0.4, -0.2) is 21.2 Å². The van der Waals surface area contributed by atoms with Crippen molar-refractivity contribution < 1.29 is 9.22 Å². The third-order valence-electron chi connectivity index (χ3n) is 2.99. The van der Waals surface area contributed by atoms with E-state index in [0.717, 1.165) is 25.7 Å². The molecule has 0 bridgehead atoms. The fourth-order valence-electron chi connectivity index (χ4n) is 0.874. The Bertz CT molecular complexity index is 171. The monoisotopic (exact) mass is 216 g/mol. The second-order valence-electron chi connectivity index (χ2n) is 5.27. The van der Waals surface area contributed by atoms with Crippen LogP contribution >= 0.6 is 0 Å². The topological polar surface area (TPSA) is 26.3 Å². The van der Waals surface area contributed by atoms with E-state index in [-0.39, 0.29) is 5.04 Å². The molecular formula is C11H24O2Si. The third-order valence-corrected chi connectivity index (χ3v) is 7.52. The number of carbonyl (C=O) groups is 1. The van der Waals surface area contributed by atoms with Crippen LogP contribution < -0.4 is 0 Å². The van der Waals surface area contributed by atoms with E-state index in [1.54, 1.807) is 0 Å². The van der Waals surface area contributed by atoms with Gasteiger partial charge in [0.2, 0.25) is 0 Å². The van der Waals surface area contributed by atoms with Crippen LogP contribution in [0.4, 0.5) is 0 Å². The maximum atomic E-state index is 10.1. The lowest BCUT2D eigenvalue weighted by Gasteiger charge is -2.36. The van der Waals surface area contributed by atoms with E-state index in [1.165, 1.54) is 0 Å². The molecule has 84 valence electrons. The van der Waals surface area contributed by atoms with Gasteiger partial charge in [0.05, 0.1) is 0 Å². The summed E-state index contributed by atoms with van der Waals surface area (Å²) < 4.78 is 5.96. The normalized spacial score (nSPS) is 12.9. The van der Waals surface area contributed by atoms with Crippen LogP contribution in [0.5, 0.6) is 0 Å². The Morgan fingerprint density at radius 2 is 1.79 bits per heavy atom. The first-order valence-electron chi connectivity index (χ1n) is 5.39. The van der Waals surface area contributed by atoms with Crippen LogP contribution in [0.2, 0.25) is 18.1 Å². The average molecular weight is 216 g/mol. The summed E-state index contributed by atoms with van der Waals surface area (Å²) in [6.07, 6.45) is 3.61. The van der Waals surface area contributed by atoms with E-state index < -0.39 is 8.32 Å². The van der Waals surface area contributed by atoms with E-state index in [1.807, 2.05) is 0 Å². The highest BCUT2D eigenvalue weighted by Gasteiger charge is 2.36. The van der Waals surface area contributed by atoms with Gasteiger partial charge in [0.15, 0.2) is 8.32 Å². The van der Waals surface area contributed by atoms with E-state index >= 15 is 0 Å². The Balaban J connectivity index is 3.72. The van der Waals surface area contributed by atoms with E-state index in [0.29, 0.717) is 6.42 Å². The first-order chi connectivity index (χ1) is 6.31. The Morgan fingerprint density at radius 3 is 2.21 bits per heavy atom. The molecule has 0 aliphatic carbocycles. The molecule has 0 saturated carbocycles. The lowest BCUT2D eigenvalue weighted by atomic mass is 10.2. The maximum Gasteiger partial charge on any atom is 0.191 e. The van der Waals surface area contributed by atoms with Gasteiger partial charge in [-0.15, -0.1) is 0 Å². The largest absolute Gasteiger partial charge is 0.417 e. The summed E-state index contributed by atoms with van der Waals surface area (Å²) in [4.78, 5) is 10.1. The van der Waals surface area contributed by atoms with Crippen molar-refractivity contribution in [3.05, 3.63) is 0 Å². The zero-order chi connectivity index (χ0) is 11.2. The molecule has 0 aromatic heterocycles. The SMILES string of the molecule is CC(C)(C)[Si](C)(C)OCCCCC=O. The van der Waals surface area contributed by atoms with Gasteiger partial charge in [0, 0.05) is 13.0 Å². The zero-order valence-electron chi connectivity index (χ0n) is 10.2. The number of rotatable bonds is 6. The molecule has 0 amide bonds. The first-order valence-corrected chi connectivity index (χ1v) is 8.29. The summed E-state index contributed by atoms with van der Waals surface area (Å²) in [5, 5.41) is 0.289. The van der Waals surface area contributed by atoms with Gasteiger partial charge < -0.3 is 9.22 Å². The molecule has 0 heterocycles. The molecule has 0 radical (unpaired) electrons. The van der Waals surface area contributed by atoms with Gasteiger partial charge in [-0.25, -0.2) is 0 Å². The number of aldehydes is 1. The van der Waals surface area contributed by atoms with Crippen LogP contribution in [0.15, 0.2) is 0 Å². The number of carbonyl (C=O) groups excluding carboxylic acids is 1. The second-order valence-corrected chi connectivity index (χ2v) is 10.1. The van der Waals surface area contributed by atoms with Gasteiger partial charge in [-0.1, -0.05) is 20.8 Å². The minimum Gasteiger partial charge on any atom is -0.417 e. The molecular weight excluding hydrogens is 192 g/mol. The zero-order valence-corrected chi connectivity index (χ0v) is 11.2. The van der Waals surface area contributed by atoms with Crippen molar-refractivity contribution in [1.29, 1.82) is 0 Å². The number of unbranched alkanes of at least 4 members (excludes halogenated alkanes) is 2. The molecule has 0 atom stereocenters. The summed E-state index contributed by atoms with van der Waals surface area (Å²) >= 11 is 0. The van der Waals surface area contributed by atoms with Gasteiger partial charge in [0.25, 0.3) is 0 Å². The fraction of sp³-hybridized carbons (Fsp3) is 0.909. The Kier molecular flexibility index (Phi) is 5.60. The molecule has 0 saturated heterocycles. The molecule has 0 fully saturated rings. The summed E-state index contributed by atoms with van der Waals surface area (Å²) in [5.74, 6) is 0. The molecule has 0 rings (SSSR count). The van der Waals surface area contributed by atoms with Crippen molar-refractivity contribution >= 4 is 14.6 Å². The van der Waals surface area contributed by atoms with Crippen LogP contribution in [0, 0.1) is 0 Å². The molecule has 0 aliphatic heterocycles. The standard InChI is InChI=1S/C11H24O2Si/c1-11(2,3)14(4,5)13-10-8-6-7-9-12/h9H,6-8,10H2,1-5H3. The van der Waals surface area contributed by atoms with Gasteiger partial charge in [-0.05, 0) is 31.0 Å². The third kappa shape index (κ3) is 4.91. The van der Waals surface area contributed by atoms with Crippen LogP contribution in [0.1, 0.15) is 40.0 Å². The van der Waals surface area contributed by atoms with Crippen molar-refractivity contribution in [3.63, 3.8) is 0 Å². The van der Waals surface area contributed by atoms with Crippen LogP contribution in [0.3, 0.4) is 0 Å². The molecule has 0 N–H and O–H groups in total. The Hall–Kier alpha value is -0.153. The first kappa shape index (κ1) is 13.8. The molecule has 0 spiro atoms. The lowest BCUT2D eigenvalue weighted by molar-refractivity contribution is -0.107. The van der Waals surface area contributed by atoms with Crippen LogP contribution in [0.25, 0.3) is 0 Å². The smallest absolute Gasteiger partial charge is 0.191 e. The van der Waals surface area contributed by atoms with Crippen molar-refractivity contribution in [3.8, 4) is 0 Å². The highest BCUT2D eigenvalue weighted by molar-refractivity contribution is 6.74. The number of hydrogen-bond donors (Lipinski definition) is 0. The predicted molar refractivity (Wildman–Crippen MR) is 63.1 cm³/mol. The minimum absolute atomic E-state index is 0.289. The van der Waals surface area contributed by atoms with Crippen molar-refractivity contribution in [1.82, 2.24) is 0 Å². The Labute approximate surface area is 89.2 Å². The van der Waals surface area contributed by atoms with Gasteiger partial charge in [-0.2, -0.15) is 0 Å². The molecule has 0 unspecified atom stereocenters. The summed E-state index contributed by atoms with van der Waals surface area (Å²) in [7, 11) is -1.55. The molecule has 0 aliphatic rings. The van der Waals surface area contributed by atoms with E-state index in [4.69, 9.17) is 4.43 Å². The minimum atomic E-state index is -1.55. The lowest BCUT2D eigenvalue weighted by Crippen LogP contribution is -2.40.